The zero-order valence-electron chi connectivity index (χ0n) is 12.2. The Kier molecular flexibility index (Phi) is 6.21. The van der Waals surface area contributed by atoms with Crippen LogP contribution in [0.2, 0.25) is 0 Å². The summed E-state index contributed by atoms with van der Waals surface area (Å²) < 4.78 is 11.0. The Morgan fingerprint density at radius 1 is 1.45 bits per heavy atom. The lowest BCUT2D eigenvalue weighted by molar-refractivity contribution is -0.139. The van der Waals surface area contributed by atoms with Gasteiger partial charge in [0.1, 0.15) is 16.1 Å². The summed E-state index contributed by atoms with van der Waals surface area (Å²) >= 11 is 6.60. The quantitative estimate of drug-likeness (QED) is 0.369. The van der Waals surface area contributed by atoms with Crippen molar-refractivity contribution in [2.45, 2.75) is 19.4 Å². The number of thiocarbonyl (C=S) groups is 1. The van der Waals surface area contributed by atoms with Gasteiger partial charge in [0.05, 0.1) is 13.2 Å². The van der Waals surface area contributed by atoms with E-state index < -0.39 is 0 Å². The molecule has 1 aliphatic heterocycles. The molecule has 1 saturated heterocycles. The van der Waals surface area contributed by atoms with Crippen molar-refractivity contribution in [2.75, 3.05) is 19.0 Å². The van der Waals surface area contributed by atoms with Gasteiger partial charge in [-0.1, -0.05) is 24.0 Å². The molecule has 1 heterocycles. The van der Waals surface area contributed by atoms with Crippen molar-refractivity contribution in [3.05, 3.63) is 29.8 Å². The first-order chi connectivity index (χ1) is 10.6. The van der Waals surface area contributed by atoms with Crippen LogP contribution < -0.4 is 10.1 Å². The molecule has 1 aromatic carbocycles. The second-order valence-electron chi connectivity index (χ2n) is 4.72. The van der Waals surface area contributed by atoms with Gasteiger partial charge in [0.25, 0.3) is 0 Å². The second kappa shape index (κ2) is 8.14. The summed E-state index contributed by atoms with van der Waals surface area (Å²) in [6, 6.07) is 6.70. The first-order valence-corrected chi connectivity index (χ1v) is 8.29. The van der Waals surface area contributed by atoms with E-state index in [2.05, 4.69) is 5.32 Å². The monoisotopic (exact) mass is 339 g/mol. The van der Waals surface area contributed by atoms with Crippen LogP contribution in [-0.2, 0) is 9.53 Å². The molecule has 118 valence electrons. The van der Waals surface area contributed by atoms with Gasteiger partial charge in [0.15, 0.2) is 5.78 Å². The molecule has 0 spiro atoms. The number of thioether (sulfide) groups is 1. The number of cyclic esters (lactones) is 1. The molecule has 7 heteroatoms. The Hall–Kier alpha value is -1.60. The number of rotatable bonds is 6. The molecule has 0 aromatic heterocycles. The van der Waals surface area contributed by atoms with Crippen molar-refractivity contribution in [1.29, 1.82) is 0 Å². The molecule has 2 rings (SSSR count). The lowest BCUT2D eigenvalue weighted by atomic mass is 10.1. The summed E-state index contributed by atoms with van der Waals surface area (Å²) in [6.45, 7) is 2.46. The van der Waals surface area contributed by atoms with E-state index in [0.717, 1.165) is 0 Å². The lowest BCUT2D eigenvalue weighted by Crippen LogP contribution is -2.35. The Balaban J connectivity index is 1.65. The van der Waals surface area contributed by atoms with Crippen molar-refractivity contribution >= 4 is 40.1 Å². The van der Waals surface area contributed by atoms with Gasteiger partial charge in [0, 0.05) is 17.7 Å². The van der Waals surface area contributed by atoms with E-state index in [-0.39, 0.29) is 17.8 Å². The number of hydrogen-bond acceptors (Lipinski definition) is 6. The van der Waals surface area contributed by atoms with Crippen LogP contribution in [0.5, 0.6) is 5.75 Å². The number of esters is 1. The average Bonchev–Trinajstić information content (AvgIpc) is 2.89. The minimum absolute atomic E-state index is 0.0315. The third-order valence-corrected chi connectivity index (χ3v) is 4.30. The fraction of sp³-hybridized carbons (Fsp3) is 0.400. The van der Waals surface area contributed by atoms with Gasteiger partial charge in [-0.15, -0.1) is 0 Å². The second-order valence-corrected chi connectivity index (χ2v) is 6.49. The van der Waals surface area contributed by atoms with Gasteiger partial charge in [-0.25, -0.2) is 4.79 Å². The van der Waals surface area contributed by atoms with E-state index in [9.17, 15) is 9.59 Å². The van der Waals surface area contributed by atoms with E-state index in [4.69, 9.17) is 21.7 Å². The molecule has 0 bridgehead atoms. The Labute approximate surface area is 138 Å². The number of ketones is 1. The zero-order valence-corrected chi connectivity index (χ0v) is 13.8. The topological polar surface area (TPSA) is 64.6 Å². The van der Waals surface area contributed by atoms with Crippen LogP contribution in [0.1, 0.15) is 23.7 Å². The average molecular weight is 339 g/mol. The maximum absolute atomic E-state index is 11.3. The highest BCUT2D eigenvalue weighted by Gasteiger charge is 2.26. The Morgan fingerprint density at radius 2 is 2.18 bits per heavy atom. The molecule has 1 atom stereocenters. The maximum atomic E-state index is 11.3. The standard InChI is InChI=1S/C15H17NO4S2/c1-10(17)11-2-4-12(5-3-11)19-8-9-22-15(21)16-13-6-7-20-14(13)18/h2-5,13H,6-9H2,1H3,(H,16,21)/t13-/m0/s1. The number of ether oxygens (including phenoxy) is 2. The fourth-order valence-corrected chi connectivity index (χ4v) is 2.86. The van der Waals surface area contributed by atoms with Crippen LogP contribution in [-0.4, -0.2) is 41.1 Å². The minimum atomic E-state index is -0.319. The predicted molar refractivity (Wildman–Crippen MR) is 89.5 cm³/mol. The highest BCUT2D eigenvalue weighted by molar-refractivity contribution is 8.22. The fourth-order valence-electron chi connectivity index (χ4n) is 1.89. The van der Waals surface area contributed by atoms with Gasteiger partial charge in [-0.05, 0) is 31.2 Å². The van der Waals surface area contributed by atoms with Crippen LogP contribution in [0, 0.1) is 0 Å². The molecule has 1 fully saturated rings. The molecule has 0 radical (unpaired) electrons. The van der Waals surface area contributed by atoms with Crippen LogP contribution in [0.25, 0.3) is 0 Å². The number of carbonyl (C=O) groups is 2. The van der Waals surface area contributed by atoms with Gasteiger partial charge in [0.2, 0.25) is 0 Å². The minimum Gasteiger partial charge on any atom is -0.493 e. The molecule has 1 aliphatic rings. The molecular weight excluding hydrogens is 322 g/mol. The molecule has 0 aliphatic carbocycles. The van der Waals surface area contributed by atoms with Crippen LogP contribution in [0.15, 0.2) is 24.3 Å². The first-order valence-electron chi connectivity index (χ1n) is 6.90. The van der Waals surface area contributed by atoms with Crippen LogP contribution >= 0.6 is 24.0 Å². The van der Waals surface area contributed by atoms with E-state index in [1.54, 1.807) is 24.3 Å². The number of Topliss-reactive ketones (excluding diaryl/α,β-unsaturated/α-hetero) is 1. The molecule has 0 unspecified atom stereocenters. The van der Waals surface area contributed by atoms with Gasteiger partial charge < -0.3 is 14.8 Å². The van der Waals surface area contributed by atoms with Crippen molar-refractivity contribution in [3.8, 4) is 5.75 Å². The number of hydrogen-bond donors (Lipinski definition) is 1. The van der Waals surface area contributed by atoms with Crippen LogP contribution in [0.4, 0.5) is 0 Å². The van der Waals surface area contributed by atoms with E-state index >= 15 is 0 Å². The summed E-state index contributed by atoms with van der Waals surface area (Å²) in [5.41, 5.74) is 0.663. The maximum Gasteiger partial charge on any atom is 0.328 e. The SMILES string of the molecule is CC(=O)c1ccc(OCCSC(=S)N[C@H]2CCOC2=O)cc1. The third kappa shape index (κ3) is 4.99. The van der Waals surface area contributed by atoms with Crippen molar-refractivity contribution in [3.63, 3.8) is 0 Å². The molecular formula is C15H17NO4S2. The molecule has 0 saturated carbocycles. The summed E-state index contributed by atoms with van der Waals surface area (Å²) in [6.07, 6.45) is 0.651. The van der Waals surface area contributed by atoms with Crippen molar-refractivity contribution in [1.82, 2.24) is 5.32 Å². The highest BCUT2D eigenvalue weighted by Crippen LogP contribution is 2.14. The normalized spacial score (nSPS) is 17.0. The van der Waals surface area contributed by atoms with E-state index in [1.165, 1.54) is 18.7 Å². The van der Waals surface area contributed by atoms with Crippen molar-refractivity contribution in [2.24, 2.45) is 0 Å². The van der Waals surface area contributed by atoms with Crippen molar-refractivity contribution < 1.29 is 19.1 Å². The summed E-state index contributed by atoms with van der Waals surface area (Å²) in [4.78, 5) is 22.5. The number of benzene rings is 1. The molecule has 1 N–H and O–H groups in total. The lowest BCUT2D eigenvalue weighted by Gasteiger charge is -2.11. The molecule has 0 amide bonds. The summed E-state index contributed by atoms with van der Waals surface area (Å²) in [5, 5.41) is 2.97. The molecule has 1 aromatic rings. The zero-order chi connectivity index (χ0) is 15.9. The Bertz CT molecular complexity index is 559. The first kappa shape index (κ1) is 16.8. The van der Waals surface area contributed by atoms with Gasteiger partial charge in [-0.2, -0.15) is 0 Å². The summed E-state index contributed by atoms with van der Waals surface area (Å²) in [7, 11) is 0. The highest BCUT2D eigenvalue weighted by atomic mass is 32.2. The number of nitrogens with one attached hydrogen (secondary N) is 1. The predicted octanol–water partition coefficient (Wildman–Crippen LogP) is 2.19. The molecule has 5 nitrogen and oxygen atoms in total. The van der Waals surface area contributed by atoms with Crippen LogP contribution in [0.3, 0.4) is 0 Å². The Morgan fingerprint density at radius 3 is 2.77 bits per heavy atom. The van der Waals surface area contributed by atoms with E-state index in [0.29, 0.717) is 41.0 Å². The molecule has 22 heavy (non-hydrogen) atoms. The number of carbonyl (C=O) groups excluding carboxylic acids is 2. The van der Waals surface area contributed by atoms with E-state index in [1.807, 2.05) is 0 Å². The summed E-state index contributed by atoms with van der Waals surface area (Å²) in [5.74, 6) is 1.17. The smallest absolute Gasteiger partial charge is 0.328 e. The van der Waals surface area contributed by atoms with Gasteiger partial charge in [-0.3, -0.25) is 4.79 Å². The largest absolute Gasteiger partial charge is 0.493 e. The van der Waals surface area contributed by atoms with Gasteiger partial charge >= 0.3 is 5.97 Å². The third-order valence-electron chi connectivity index (χ3n) is 3.07.